The van der Waals surface area contributed by atoms with E-state index in [1.165, 1.54) is 10.4 Å². The first-order valence-corrected chi connectivity index (χ1v) is 7.61. The summed E-state index contributed by atoms with van der Waals surface area (Å²) in [7, 11) is 0. The molecule has 0 radical (unpaired) electrons. The zero-order valence-corrected chi connectivity index (χ0v) is 12.5. The van der Waals surface area contributed by atoms with Gasteiger partial charge in [0.05, 0.1) is 13.2 Å². The van der Waals surface area contributed by atoms with Crippen LogP contribution in [-0.4, -0.2) is 18.3 Å². The highest BCUT2D eigenvalue weighted by Gasteiger charge is 2.17. The summed E-state index contributed by atoms with van der Waals surface area (Å²) in [4.78, 5) is 2.21. The zero-order chi connectivity index (χ0) is 14.1. The van der Waals surface area contributed by atoms with Crippen LogP contribution < -0.4 is 9.47 Å². The van der Waals surface area contributed by atoms with Crippen LogP contribution in [0.25, 0.3) is 0 Å². The molecule has 0 amide bonds. The Morgan fingerprint density at radius 1 is 1.10 bits per heavy atom. The Bertz CT molecular complexity index is 599. The largest absolute Gasteiger partial charge is 0.490 e. The van der Waals surface area contributed by atoms with Crippen molar-refractivity contribution in [3.63, 3.8) is 0 Å². The van der Waals surface area contributed by atoms with Crippen molar-refractivity contribution >= 4 is 11.3 Å². The van der Waals surface area contributed by atoms with Gasteiger partial charge in [0, 0.05) is 16.2 Å². The van der Waals surface area contributed by atoms with E-state index in [1.54, 1.807) is 11.3 Å². The summed E-state index contributed by atoms with van der Waals surface area (Å²) in [6, 6.07) is 7.72. The summed E-state index contributed by atoms with van der Waals surface area (Å²) in [5.74, 6) is 1.49. The van der Waals surface area contributed by atoms with Gasteiger partial charge in [-0.05, 0) is 43.2 Å². The van der Waals surface area contributed by atoms with Gasteiger partial charge >= 0.3 is 0 Å². The molecule has 0 saturated carbocycles. The topological polar surface area (TPSA) is 38.7 Å². The monoisotopic (exact) mass is 290 g/mol. The van der Waals surface area contributed by atoms with E-state index in [-0.39, 0.29) is 0 Å². The summed E-state index contributed by atoms with van der Waals surface area (Å²) in [6.07, 6.45) is 0.278. The molecule has 3 nitrogen and oxygen atoms in total. The summed E-state index contributed by atoms with van der Waals surface area (Å²) in [6.45, 7) is 5.47. The van der Waals surface area contributed by atoms with Crippen LogP contribution in [0.2, 0.25) is 0 Å². The second-order valence-electron chi connectivity index (χ2n) is 5.05. The smallest absolute Gasteiger partial charge is 0.161 e. The second-order valence-corrected chi connectivity index (χ2v) is 6.34. The van der Waals surface area contributed by atoms with E-state index in [0.717, 1.165) is 28.4 Å². The minimum atomic E-state index is -0.607. The minimum Gasteiger partial charge on any atom is -0.490 e. The maximum atomic E-state index is 10.5. The molecule has 20 heavy (non-hydrogen) atoms. The molecule has 3 rings (SSSR count). The van der Waals surface area contributed by atoms with Crippen LogP contribution in [0.15, 0.2) is 24.3 Å². The molecule has 0 saturated heterocycles. The number of ether oxygens (including phenoxy) is 2. The fourth-order valence-electron chi connectivity index (χ4n) is 2.25. The van der Waals surface area contributed by atoms with Crippen molar-refractivity contribution in [2.24, 2.45) is 0 Å². The van der Waals surface area contributed by atoms with Gasteiger partial charge in [0.15, 0.2) is 11.5 Å². The molecular formula is C16H18O3S. The van der Waals surface area contributed by atoms with Gasteiger partial charge in [-0.1, -0.05) is 6.07 Å². The van der Waals surface area contributed by atoms with Gasteiger partial charge in [-0.15, -0.1) is 11.3 Å². The highest BCUT2D eigenvalue weighted by molar-refractivity contribution is 7.12. The lowest BCUT2D eigenvalue weighted by Gasteiger charge is -2.13. The molecule has 0 bridgehead atoms. The maximum absolute atomic E-state index is 10.5. The van der Waals surface area contributed by atoms with E-state index >= 15 is 0 Å². The van der Waals surface area contributed by atoms with Crippen LogP contribution in [0.1, 0.15) is 33.4 Å². The van der Waals surface area contributed by atoms with Crippen LogP contribution in [0.4, 0.5) is 0 Å². The molecule has 1 aromatic carbocycles. The average molecular weight is 290 g/mol. The number of aliphatic hydroxyl groups is 1. The summed E-state index contributed by atoms with van der Waals surface area (Å²) >= 11 is 1.64. The van der Waals surface area contributed by atoms with E-state index in [9.17, 15) is 5.11 Å². The lowest BCUT2D eigenvalue weighted by molar-refractivity contribution is 0.223. The Morgan fingerprint density at radius 3 is 2.55 bits per heavy atom. The van der Waals surface area contributed by atoms with Crippen LogP contribution in [0.5, 0.6) is 11.5 Å². The molecule has 1 unspecified atom stereocenters. The number of hydrogen-bond donors (Lipinski definition) is 1. The van der Waals surface area contributed by atoms with Gasteiger partial charge < -0.3 is 14.6 Å². The number of hydrogen-bond acceptors (Lipinski definition) is 4. The molecule has 0 aliphatic carbocycles. The lowest BCUT2D eigenvalue weighted by Crippen LogP contribution is -1.99. The molecule has 0 spiro atoms. The third-order valence-electron chi connectivity index (χ3n) is 3.54. The molecule has 4 heteroatoms. The molecule has 1 N–H and O–H groups in total. The number of aliphatic hydroxyl groups excluding tert-OH is 1. The van der Waals surface area contributed by atoms with Gasteiger partial charge in [0.25, 0.3) is 0 Å². The van der Waals surface area contributed by atoms with Gasteiger partial charge in [-0.2, -0.15) is 0 Å². The van der Waals surface area contributed by atoms with Gasteiger partial charge in [-0.3, -0.25) is 0 Å². The molecule has 2 heterocycles. The van der Waals surface area contributed by atoms with Crippen molar-refractivity contribution in [1.82, 2.24) is 0 Å². The quantitative estimate of drug-likeness (QED) is 0.918. The third-order valence-corrected chi connectivity index (χ3v) is 4.75. The summed E-state index contributed by atoms with van der Waals surface area (Å²) in [5, 5.41) is 10.5. The molecule has 1 atom stereocenters. The van der Waals surface area contributed by atoms with Gasteiger partial charge in [0.2, 0.25) is 0 Å². The lowest BCUT2D eigenvalue weighted by atomic mass is 10.1. The highest BCUT2D eigenvalue weighted by Crippen LogP contribution is 2.36. The van der Waals surface area contributed by atoms with Crippen molar-refractivity contribution in [2.45, 2.75) is 26.4 Å². The van der Waals surface area contributed by atoms with E-state index in [0.29, 0.717) is 13.2 Å². The van der Waals surface area contributed by atoms with Crippen molar-refractivity contribution in [1.29, 1.82) is 0 Å². The van der Waals surface area contributed by atoms with E-state index in [1.807, 2.05) is 24.3 Å². The van der Waals surface area contributed by atoms with E-state index < -0.39 is 6.10 Å². The minimum absolute atomic E-state index is 0.607. The third kappa shape index (κ3) is 2.53. The van der Waals surface area contributed by atoms with Gasteiger partial charge in [0.1, 0.15) is 6.10 Å². The van der Waals surface area contributed by atoms with Crippen molar-refractivity contribution < 1.29 is 14.6 Å². The predicted octanol–water partition coefficient (Wildman–Crippen LogP) is 3.61. The Morgan fingerprint density at radius 2 is 1.85 bits per heavy atom. The number of rotatable bonds is 2. The fraction of sp³-hybridized carbons (Fsp3) is 0.375. The molecule has 0 fully saturated rings. The second kappa shape index (κ2) is 5.46. The standard InChI is InChI=1S/C16H18O3S/c1-10-8-15(20-11(10)2)16(17)12-4-5-13-14(9-12)19-7-3-6-18-13/h4-5,8-9,16-17H,3,6-7H2,1-2H3. The number of thiophene rings is 1. The Hall–Kier alpha value is -1.52. The van der Waals surface area contributed by atoms with Crippen molar-refractivity contribution in [3.8, 4) is 11.5 Å². The zero-order valence-electron chi connectivity index (χ0n) is 11.7. The van der Waals surface area contributed by atoms with E-state index in [4.69, 9.17) is 9.47 Å². The average Bonchev–Trinajstić information content (AvgIpc) is 2.67. The predicted molar refractivity (Wildman–Crippen MR) is 79.9 cm³/mol. The summed E-state index contributed by atoms with van der Waals surface area (Å²) in [5.41, 5.74) is 2.06. The first kappa shape index (κ1) is 13.5. The van der Waals surface area contributed by atoms with Crippen LogP contribution in [-0.2, 0) is 0 Å². The molecule has 106 valence electrons. The Labute approximate surface area is 122 Å². The van der Waals surface area contributed by atoms with Gasteiger partial charge in [-0.25, -0.2) is 0 Å². The number of benzene rings is 1. The normalized spacial score (nSPS) is 15.8. The first-order valence-electron chi connectivity index (χ1n) is 6.79. The molecule has 1 aliphatic rings. The maximum Gasteiger partial charge on any atom is 0.161 e. The van der Waals surface area contributed by atoms with Crippen LogP contribution in [0.3, 0.4) is 0 Å². The SMILES string of the molecule is Cc1cc(C(O)c2ccc3c(c2)OCCCO3)sc1C. The highest BCUT2D eigenvalue weighted by atomic mass is 32.1. The fourth-order valence-corrected chi connectivity index (χ4v) is 3.31. The molecule has 2 aromatic rings. The van der Waals surface area contributed by atoms with E-state index in [2.05, 4.69) is 13.8 Å². The summed E-state index contributed by atoms with van der Waals surface area (Å²) < 4.78 is 11.3. The Kier molecular flexibility index (Phi) is 3.68. The van der Waals surface area contributed by atoms with Crippen LogP contribution in [0, 0.1) is 13.8 Å². The Balaban J connectivity index is 1.92. The van der Waals surface area contributed by atoms with Crippen molar-refractivity contribution in [3.05, 3.63) is 45.1 Å². The number of fused-ring (bicyclic) bond motifs is 1. The van der Waals surface area contributed by atoms with Crippen LogP contribution >= 0.6 is 11.3 Å². The van der Waals surface area contributed by atoms with Crippen molar-refractivity contribution in [2.75, 3.05) is 13.2 Å². The molecular weight excluding hydrogens is 272 g/mol. The molecule has 1 aliphatic heterocycles. The first-order chi connectivity index (χ1) is 9.65. The number of aryl methyl sites for hydroxylation is 2. The molecule has 1 aromatic heterocycles.